The van der Waals surface area contributed by atoms with Crippen LogP contribution in [0, 0.1) is 5.92 Å². The Hall–Kier alpha value is -1.56. The van der Waals surface area contributed by atoms with Crippen molar-refractivity contribution in [3.05, 3.63) is 29.3 Å². The highest BCUT2D eigenvalue weighted by Crippen LogP contribution is 2.41. The number of benzene rings is 1. The highest BCUT2D eigenvalue weighted by molar-refractivity contribution is 5.95. The van der Waals surface area contributed by atoms with Gasteiger partial charge in [-0.15, -0.1) is 0 Å². The lowest BCUT2D eigenvalue weighted by Gasteiger charge is -2.30. The molecule has 0 aliphatic carbocycles. The van der Waals surface area contributed by atoms with E-state index in [2.05, 4.69) is 10.6 Å². The van der Waals surface area contributed by atoms with Crippen LogP contribution in [-0.2, 0) is 11.0 Å². The molecule has 0 bridgehead atoms. The van der Waals surface area contributed by atoms with Gasteiger partial charge >= 0.3 is 6.18 Å². The molecule has 6 heteroatoms. The zero-order chi connectivity index (χ0) is 14.3. The maximum absolute atomic E-state index is 12.7. The van der Waals surface area contributed by atoms with Gasteiger partial charge in [-0.2, -0.15) is 13.2 Å². The average molecular weight is 284 g/mol. The predicted molar refractivity (Wildman–Crippen MR) is 68.4 cm³/mol. The lowest BCUT2D eigenvalue weighted by Crippen LogP contribution is -2.28. The molecule has 1 saturated heterocycles. The molecule has 2 aliphatic heterocycles. The lowest BCUT2D eigenvalue weighted by molar-refractivity contribution is -0.137. The van der Waals surface area contributed by atoms with Crippen LogP contribution in [0.15, 0.2) is 18.2 Å². The van der Waals surface area contributed by atoms with E-state index in [1.54, 1.807) is 0 Å². The first kappa shape index (κ1) is 13.4. The van der Waals surface area contributed by atoms with Crippen molar-refractivity contribution in [3.8, 4) is 0 Å². The van der Waals surface area contributed by atoms with Gasteiger partial charge < -0.3 is 10.6 Å². The van der Waals surface area contributed by atoms with Crippen LogP contribution < -0.4 is 10.6 Å². The number of hydrogen-bond acceptors (Lipinski definition) is 2. The number of nitrogens with one attached hydrogen (secondary N) is 2. The highest BCUT2D eigenvalue weighted by Gasteiger charge is 2.36. The zero-order valence-electron chi connectivity index (χ0n) is 10.8. The summed E-state index contributed by atoms with van der Waals surface area (Å²) in [5.74, 6) is 0.126. The van der Waals surface area contributed by atoms with Crippen LogP contribution in [0.3, 0.4) is 0 Å². The normalized spacial score (nSPS) is 26.2. The minimum Gasteiger partial charge on any atom is -0.326 e. The van der Waals surface area contributed by atoms with Gasteiger partial charge in [0.25, 0.3) is 0 Å². The Bertz CT molecular complexity index is 536. The molecule has 2 heterocycles. The topological polar surface area (TPSA) is 41.1 Å². The summed E-state index contributed by atoms with van der Waals surface area (Å²) in [6.45, 7) is 1.72. The van der Waals surface area contributed by atoms with Gasteiger partial charge in [0.2, 0.25) is 5.91 Å². The molecule has 3 nitrogen and oxygen atoms in total. The van der Waals surface area contributed by atoms with Crippen molar-refractivity contribution in [2.75, 3.05) is 18.4 Å². The summed E-state index contributed by atoms with van der Waals surface area (Å²) in [5.41, 5.74) is 0.418. The molecule has 0 aromatic heterocycles. The fraction of sp³-hybridized carbons (Fsp3) is 0.500. The Kier molecular flexibility index (Phi) is 3.20. The molecule has 2 aliphatic rings. The molecule has 1 aromatic rings. The fourth-order valence-corrected chi connectivity index (χ4v) is 3.12. The maximum Gasteiger partial charge on any atom is 0.416 e. The van der Waals surface area contributed by atoms with Crippen LogP contribution in [0.5, 0.6) is 0 Å². The molecule has 3 rings (SSSR count). The molecule has 108 valence electrons. The van der Waals surface area contributed by atoms with E-state index in [0.29, 0.717) is 18.0 Å². The standard InChI is InChI=1S/C14H15F3N2O/c15-14(16,17)9-1-2-10-11(8-3-4-18-7-8)6-13(20)19-12(10)5-9/h1-2,5,8,11,18H,3-4,6-7H2,(H,19,20). The largest absolute Gasteiger partial charge is 0.416 e. The third kappa shape index (κ3) is 2.40. The first-order valence-corrected chi connectivity index (χ1v) is 6.67. The molecule has 1 fully saturated rings. The van der Waals surface area contributed by atoms with E-state index in [-0.39, 0.29) is 11.8 Å². The Morgan fingerprint density at radius 2 is 2.05 bits per heavy atom. The molecule has 0 spiro atoms. The van der Waals surface area contributed by atoms with Gasteiger partial charge in [0.15, 0.2) is 0 Å². The SMILES string of the molecule is O=C1CC(C2CCNC2)c2ccc(C(F)(F)F)cc2N1. The molecule has 2 unspecified atom stereocenters. The summed E-state index contributed by atoms with van der Waals surface area (Å²) >= 11 is 0. The van der Waals surface area contributed by atoms with Gasteiger partial charge in [0.05, 0.1) is 5.56 Å². The van der Waals surface area contributed by atoms with Gasteiger partial charge in [-0.05, 0) is 49.0 Å². The minimum absolute atomic E-state index is 0.0102. The van der Waals surface area contributed by atoms with Crippen LogP contribution in [0.4, 0.5) is 18.9 Å². The van der Waals surface area contributed by atoms with Crippen LogP contribution in [-0.4, -0.2) is 19.0 Å². The molecule has 20 heavy (non-hydrogen) atoms. The molecule has 2 atom stereocenters. The van der Waals surface area contributed by atoms with Crippen molar-refractivity contribution in [1.29, 1.82) is 0 Å². The zero-order valence-corrected chi connectivity index (χ0v) is 10.8. The van der Waals surface area contributed by atoms with E-state index >= 15 is 0 Å². The fourth-order valence-electron chi connectivity index (χ4n) is 3.12. The van der Waals surface area contributed by atoms with E-state index in [9.17, 15) is 18.0 Å². The van der Waals surface area contributed by atoms with Crippen molar-refractivity contribution >= 4 is 11.6 Å². The van der Waals surface area contributed by atoms with Crippen LogP contribution >= 0.6 is 0 Å². The predicted octanol–water partition coefficient (Wildman–Crippen LogP) is 2.74. The quantitative estimate of drug-likeness (QED) is 0.832. The van der Waals surface area contributed by atoms with E-state index < -0.39 is 11.7 Å². The van der Waals surface area contributed by atoms with Gasteiger partial charge in [0.1, 0.15) is 0 Å². The van der Waals surface area contributed by atoms with Crippen LogP contribution in [0.25, 0.3) is 0 Å². The Labute approximate surface area is 114 Å². The molecule has 0 saturated carbocycles. The number of fused-ring (bicyclic) bond motifs is 1. The number of carbonyl (C=O) groups is 1. The van der Waals surface area contributed by atoms with Crippen molar-refractivity contribution in [1.82, 2.24) is 5.32 Å². The average Bonchev–Trinajstić information content (AvgIpc) is 2.89. The van der Waals surface area contributed by atoms with Gasteiger partial charge in [0, 0.05) is 12.1 Å². The molecular weight excluding hydrogens is 269 g/mol. The number of anilines is 1. The monoisotopic (exact) mass is 284 g/mol. The van der Waals surface area contributed by atoms with Gasteiger partial charge in [-0.25, -0.2) is 0 Å². The maximum atomic E-state index is 12.7. The first-order valence-electron chi connectivity index (χ1n) is 6.67. The number of halogens is 3. The number of carbonyl (C=O) groups excluding carboxylic acids is 1. The van der Waals surface area contributed by atoms with Gasteiger partial charge in [-0.3, -0.25) is 4.79 Å². The molecule has 0 radical (unpaired) electrons. The highest BCUT2D eigenvalue weighted by atomic mass is 19.4. The smallest absolute Gasteiger partial charge is 0.326 e. The second-order valence-corrected chi connectivity index (χ2v) is 5.41. The van der Waals surface area contributed by atoms with Crippen LogP contribution in [0.1, 0.15) is 29.9 Å². The number of rotatable bonds is 1. The van der Waals surface area contributed by atoms with Crippen molar-refractivity contribution < 1.29 is 18.0 Å². The first-order chi connectivity index (χ1) is 9.45. The number of alkyl halides is 3. The van der Waals surface area contributed by atoms with Gasteiger partial charge in [-0.1, -0.05) is 6.07 Å². The number of amides is 1. The Morgan fingerprint density at radius 3 is 2.70 bits per heavy atom. The third-order valence-electron chi connectivity index (χ3n) is 4.13. The van der Waals surface area contributed by atoms with Crippen molar-refractivity contribution in [3.63, 3.8) is 0 Å². The van der Waals surface area contributed by atoms with E-state index in [1.807, 2.05) is 0 Å². The van der Waals surface area contributed by atoms with E-state index in [0.717, 1.165) is 37.2 Å². The Balaban J connectivity index is 1.98. The molecule has 2 N–H and O–H groups in total. The summed E-state index contributed by atoms with van der Waals surface area (Å²) in [6.07, 6.45) is -3.08. The summed E-state index contributed by atoms with van der Waals surface area (Å²) < 4.78 is 38.2. The second-order valence-electron chi connectivity index (χ2n) is 5.41. The Morgan fingerprint density at radius 1 is 1.25 bits per heavy atom. The summed E-state index contributed by atoms with van der Waals surface area (Å²) in [6, 6.07) is 3.66. The lowest BCUT2D eigenvalue weighted by atomic mass is 9.79. The van der Waals surface area contributed by atoms with E-state index in [4.69, 9.17) is 0 Å². The van der Waals surface area contributed by atoms with Crippen molar-refractivity contribution in [2.45, 2.75) is 24.9 Å². The summed E-state index contributed by atoms with van der Waals surface area (Å²) in [7, 11) is 0. The second kappa shape index (κ2) is 4.77. The summed E-state index contributed by atoms with van der Waals surface area (Å²) in [5, 5.41) is 5.81. The summed E-state index contributed by atoms with van der Waals surface area (Å²) in [4.78, 5) is 11.7. The van der Waals surface area contributed by atoms with Crippen LogP contribution in [0.2, 0.25) is 0 Å². The molecule has 1 aromatic carbocycles. The van der Waals surface area contributed by atoms with E-state index in [1.165, 1.54) is 6.07 Å². The third-order valence-corrected chi connectivity index (χ3v) is 4.13. The number of hydrogen-bond donors (Lipinski definition) is 2. The van der Waals surface area contributed by atoms with Crippen molar-refractivity contribution in [2.24, 2.45) is 5.92 Å². The molecular formula is C14H15F3N2O. The minimum atomic E-state index is -4.39. The molecule has 1 amide bonds.